The summed E-state index contributed by atoms with van der Waals surface area (Å²) in [5.74, 6) is -2.21. The maximum atomic E-state index is 11.8. The van der Waals surface area contributed by atoms with E-state index in [4.69, 9.17) is 10.2 Å². The van der Waals surface area contributed by atoms with Crippen molar-refractivity contribution >= 4 is 23.0 Å². The molecule has 1 unspecified atom stereocenters. The van der Waals surface area contributed by atoms with Gasteiger partial charge in [0, 0.05) is 0 Å². The first-order valence-electron chi connectivity index (χ1n) is 5.66. The first kappa shape index (κ1) is 12.9. The summed E-state index contributed by atoms with van der Waals surface area (Å²) >= 11 is 0. The number of carboxylic acids is 2. The fourth-order valence-electron chi connectivity index (χ4n) is 2.04. The van der Waals surface area contributed by atoms with E-state index in [1.165, 1.54) is 18.2 Å². The van der Waals surface area contributed by atoms with E-state index in [9.17, 15) is 14.4 Å². The molecule has 0 amide bonds. The van der Waals surface area contributed by atoms with E-state index < -0.39 is 23.7 Å². The Bertz CT molecular complexity index is 712. The number of fused-ring (bicyclic) bond motifs is 1. The van der Waals surface area contributed by atoms with Crippen molar-refractivity contribution in [2.45, 2.75) is 19.4 Å². The molecule has 1 aromatic carbocycles. The largest absolute Gasteiger partial charge is 0.480 e. The van der Waals surface area contributed by atoms with Gasteiger partial charge in [0.2, 0.25) is 0 Å². The lowest BCUT2D eigenvalue weighted by atomic mass is 10.2. The van der Waals surface area contributed by atoms with Gasteiger partial charge in [-0.05, 0) is 24.6 Å². The third-order valence-corrected chi connectivity index (χ3v) is 2.95. The second kappa shape index (κ2) is 4.60. The van der Waals surface area contributed by atoms with Gasteiger partial charge in [-0.2, -0.15) is 0 Å². The third kappa shape index (κ3) is 2.10. The number of benzene rings is 1. The number of carboxylic acid groups (broad SMARTS) is 2. The van der Waals surface area contributed by atoms with Gasteiger partial charge in [-0.1, -0.05) is 6.92 Å². The summed E-state index contributed by atoms with van der Waals surface area (Å²) in [5.41, 5.74) is 0.157. The zero-order valence-electron chi connectivity index (χ0n) is 10.1. The Labute approximate surface area is 107 Å². The van der Waals surface area contributed by atoms with Crippen molar-refractivity contribution in [2.75, 3.05) is 0 Å². The first-order chi connectivity index (χ1) is 8.95. The summed E-state index contributed by atoms with van der Waals surface area (Å²) in [6, 6.07) is 3.10. The fourth-order valence-corrected chi connectivity index (χ4v) is 2.04. The minimum absolute atomic E-state index is 0.0317. The van der Waals surface area contributed by atoms with E-state index in [0.717, 1.165) is 4.57 Å². The van der Waals surface area contributed by atoms with E-state index >= 15 is 0 Å². The lowest BCUT2D eigenvalue weighted by molar-refractivity contribution is -0.141. The molecule has 0 bridgehead atoms. The maximum absolute atomic E-state index is 11.8. The molecular weight excluding hydrogens is 252 g/mol. The van der Waals surface area contributed by atoms with Gasteiger partial charge in [-0.25, -0.2) is 14.4 Å². The van der Waals surface area contributed by atoms with Crippen molar-refractivity contribution in [3.63, 3.8) is 0 Å². The molecule has 7 nitrogen and oxygen atoms in total. The van der Waals surface area contributed by atoms with Crippen LogP contribution in [0.25, 0.3) is 11.0 Å². The number of H-pyrrole nitrogens is 1. The van der Waals surface area contributed by atoms with E-state index in [2.05, 4.69) is 4.98 Å². The number of nitrogens with zero attached hydrogens (tertiary/aromatic N) is 1. The highest BCUT2D eigenvalue weighted by Gasteiger charge is 2.22. The highest BCUT2D eigenvalue weighted by Crippen LogP contribution is 2.19. The van der Waals surface area contributed by atoms with Gasteiger partial charge in [-0.3, -0.25) is 4.57 Å². The Morgan fingerprint density at radius 2 is 2.05 bits per heavy atom. The second-order valence-corrected chi connectivity index (χ2v) is 4.10. The average molecular weight is 264 g/mol. The van der Waals surface area contributed by atoms with Crippen LogP contribution in [0.15, 0.2) is 23.0 Å². The number of carbonyl (C=O) groups is 2. The van der Waals surface area contributed by atoms with Crippen molar-refractivity contribution in [3.8, 4) is 0 Å². The minimum Gasteiger partial charge on any atom is -0.480 e. The van der Waals surface area contributed by atoms with E-state index in [1.54, 1.807) is 6.92 Å². The van der Waals surface area contributed by atoms with Crippen LogP contribution in [0.2, 0.25) is 0 Å². The lowest BCUT2D eigenvalue weighted by Gasteiger charge is -2.11. The molecule has 3 N–H and O–H groups in total. The van der Waals surface area contributed by atoms with Crippen molar-refractivity contribution < 1.29 is 19.8 Å². The Morgan fingerprint density at radius 3 is 2.58 bits per heavy atom. The zero-order valence-corrected chi connectivity index (χ0v) is 10.1. The summed E-state index contributed by atoms with van der Waals surface area (Å²) in [6.07, 6.45) is 0.253. The molecule has 1 atom stereocenters. The average Bonchev–Trinajstić information content (AvgIpc) is 2.66. The van der Waals surface area contributed by atoms with Crippen LogP contribution < -0.4 is 5.69 Å². The number of aromatic amines is 1. The predicted molar refractivity (Wildman–Crippen MR) is 66.5 cm³/mol. The summed E-state index contributed by atoms with van der Waals surface area (Å²) in [5, 5.41) is 18.0. The molecule has 0 spiro atoms. The Hall–Kier alpha value is -2.57. The van der Waals surface area contributed by atoms with Gasteiger partial charge in [0.25, 0.3) is 0 Å². The van der Waals surface area contributed by atoms with Gasteiger partial charge in [0.1, 0.15) is 6.04 Å². The topological polar surface area (TPSA) is 112 Å². The van der Waals surface area contributed by atoms with Gasteiger partial charge in [-0.15, -0.1) is 0 Å². The zero-order chi connectivity index (χ0) is 14.2. The SMILES string of the molecule is CCC(C(=O)O)n1c(=O)[nH]c2cc(C(=O)O)ccc21. The van der Waals surface area contributed by atoms with Crippen LogP contribution in [-0.2, 0) is 4.79 Å². The smallest absolute Gasteiger partial charge is 0.335 e. The summed E-state index contributed by atoms with van der Waals surface area (Å²) in [4.78, 5) is 36.3. The van der Waals surface area contributed by atoms with Crippen molar-refractivity contribution in [2.24, 2.45) is 0 Å². The Kier molecular flexibility index (Phi) is 3.12. The van der Waals surface area contributed by atoms with Gasteiger partial charge in [0.15, 0.2) is 0 Å². The molecular formula is C12H12N2O5. The van der Waals surface area contributed by atoms with Crippen molar-refractivity contribution in [1.82, 2.24) is 9.55 Å². The Morgan fingerprint density at radius 1 is 1.37 bits per heavy atom. The number of hydrogen-bond donors (Lipinski definition) is 3. The maximum Gasteiger partial charge on any atom is 0.335 e. The van der Waals surface area contributed by atoms with Crippen molar-refractivity contribution in [3.05, 3.63) is 34.2 Å². The number of rotatable bonds is 4. The number of aromatic carboxylic acids is 1. The molecule has 0 aliphatic carbocycles. The standard InChI is InChI=1S/C12H12N2O5/c1-2-8(11(17)18)14-9-4-3-6(10(15)16)5-7(9)13-12(14)19/h3-5,8H,2H2,1H3,(H,13,19)(H,15,16)(H,17,18). The molecule has 0 aliphatic heterocycles. The molecule has 0 saturated heterocycles. The molecule has 0 saturated carbocycles. The number of aliphatic carboxylic acids is 1. The molecule has 0 radical (unpaired) electrons. The van der Waals surface area contributed by atoms with Crippen LogP contribution in [0.1, 0.15) is 29.7 Å². The number of nitrogens with one attached hydrogen (secondary N) is 1. The normalized spacial score (nSPS) is 12.5. The summed E-state index contributed by atoms with van der Waals surface area (Å²) in [6.45, 7) is 1.66. The van der Waals surface area contributed by atoms with Gasteiger partial charge >= 0.3 is 17.6 Å². The molecule has 0 aliphatic rings. The molecule has 1 heterocycles. The molecule has 7 heteroatoms. The highest BCUT2D eigenvalue weighted by molar-refractivity contribution is 5.92. The van der Waals surface area contributed by atoms with Gasteiger partial charge in [0.05, 0.1) is 16.6 Å². The monoisotopic (exact) mass is 264 g/mol. The van der Waals surface area contributed by atoms with Crippen LogP contribution in [0, 0.1) is 0 Å². The number of imidazole rings is 1. The summed E-state index contributed by atoms with van der Waals surface area (Å²) < 4.78 is 1.13. The van der Waals surface area contributed by atoms with Crippen LogP contribution >= 0.6 is 0 Å². The van der Waals surface area contributed by atoms with Crippen LogP contribution in [0.4, 0.5) is 0 Å². The highest BCUT2D eigenvalue weighted by atomic mass is 16.4. The number of aromatic nitrogens is 2. The second-order valence-electron chi connectivity index (χ2n) is 4.10. The van der Waals surface area contributed by atoms with E-state index in [1.807, 2.05) is 0 Å². The van der Waals surface area contributed by atoms with Crippen LogP contribution in [0.5, 0.6) is 0 Å². The van der Waals surface area contributed by atoms with Crippen molar-refractivity contribution in [1.29, 1.82) is 0 Å². The molecule has 19 heavy (non-hydrogen) atoms. The quantitative estimate of drug-likeness (QED) is 0.764. The molecule has 100 valence electrons. The lowest BCUT2D eigenvalue weighted by Crippen LogP contribution is -2.27. The van der Waals surface area contributed by atoms with Gasteiger partial charge < -0.3 is 15.2 Å². The molecule has 0 fully saturated rings. The predicted octanol–water partition coefficient (Wildman–Crippen LogP) is 1.06. The van der Waals surface area contributed by atoms with Crippen LogP contribution in [-0.4, -0.2) is 31.7 Å². The molecule has 1 aromatic heterocycles. The fraction of sp³-hybridized carbons (Fsp3) is 0.250. The van der Waals surface area contributed by atoms with E-state index in [-0.39, 0.29) is 12.0 Å². The van der Waals surface area contributed by atoms with Crippen LogP contribution in [0.3, 0.4) is 0 Å². The first-order valence-corrected chi connectivity index (χ1v) is 5.66. The van der Waals surface area contributed by atoms with E-state index in [0.29, 0.717) is 11.0 Å². The molecule has 2 rings (SSSR count). The summed E-state index contributed by atoms with van der Waals surface area (Å²) in [7, 11) is 0. The Balaban J connectivity index is 2.69. The third-order valence-electron chi connectivity index (χ3n) is 2.95. The molecule has 2 aromatic rings. The number of hydrogen-bond acceptors (Lipinski definition) is 3. The minimum atomic E-state index is -1.11.